The van der Waals surface area contributed by atoms with Crippen molar-refractivity contribution in [2.24, 2.45) is 0 Å². The SMILES string of the molecule is O=C(Nc1ccc(Oc2cccnc2)cc1)C1CCCCN1CCCn1cccn1. The number of benzene rings is 1. The summed E-state index contributed by atoms with van der Waals surface area (Å²) in [5, 5.41) is 7.32. The Hall–Kier alpha value is -3.19. The summed E-state index contributed by atoms with van der Waals surface area (Å²) in [7, 11) is 0. The molecule has 0 radical (unpaired) electrons. The highest BCUT2D eigenvalue weighted by molar-refractivity contribution is 5.94. The van der Waals surface area contributed by atoms with Gasteiger partial charge in [0.1, 0.15) is 11.5 Å². The molecule has 1 aliphatic rings. The van der Waals surface area contributed by atoms with Crippen LogP contribution < -0.4 is 10.1 Å². The molecule has 2 aromatic heterocycles. The fourth-order valence-electron chi connectivity index (χ4n) is 3.80. The molecule has 30 heavy (non-hydrogen) atoms. The zero-order chi connectivity index (χ0) is 20.6. The van der Waals surface area contributed by atoms with Crippen LogP contribution in [0.1, 0.15) is 25.7 Å². The molecule has 0 spiro atoms. The Balaban J connectivity index is 1.30. The van der Waals surface area contributed by atoms with Crippen LogP contribution in [0.2, 0.25) is 0 Å². The van der Waals surface area contributed by atoms with Crippen molar-refractivity contribution < 1.29 is 9.53 Å². The molecule has 0 saturated carbocycles. The van der Waals surface area contributed by atoms with Crippen molar-refractivity contribution in [3.05, 3.63) is 67.3 Å². The first-order valence-electron chi connectivity index (χ1n) is 10.5. The van der Waals surface area contributed by atoms with E-state index in [0.29, 0.717) is 11.5 Å². The zero-order valence-electron chi connectivity index (χ0n) is 17.0. The van der Waals surface area contributed by atoms with E-state index in [4.69, 9.17) is 4.74 Å². The van der Waals surface area contributed by atoms with Gasteiger partial charge in [0, 0.05) is 37.4 Å². The first kappa shape index (κ1) is 20.1. The number of aryl methyl sites for hydroxylation is 1. The summed E-state index contributed by atoms with van der Waals surface area (Å²) in [6.07, 6.45) is 11.3. The number of carbonyl (C=O) groups excluding carboxylic acids is 1. The number of likely N-dealkylation sites (tertiary alicyclic amines) is 1. The number of hydrogen-bond donors (Lipinski definition) is 1. The number of amides is 1. The van der Waals surface area contributed by atoms with Gasteiger partial charge in [-0.1, -0.05) is 6.42 Å². The molecule has 1 aliphatic heterocycles. The summed E-state index contributed by atoms with van der Waals surface area (Å²) in [5.74, 6) is 1.45. The topological polar surface area (TPSA) is 72.3 Å². The predicted molar refractivity (Wildman–Crippen MR) is 115 cm³/mol. The Bertz CT molecular complexity index is 913. The van der Waals surface area contributed by atoms with Crippen LogP contribution in [0.15, 0.2) is 67.3 Å². The highest BCUT2D eigenvalue weighted by Gasteiger charge is 2.28. The average molecular weight is 406 g/mol. The van der Waals surface area contributed by atoms with Crippen molar-refractivity contribution in [3.63, 3.8) is 0 Å². The van der Waals surface area contributed by atoms with E-state index >= 15 is 0 Å². The van der Waals surface area contributed by atoms with Gasteiger partial charge in [0.25, 0.3) is 0 Å². The molecule has 1 N–H and O–H groups in total. The largest absolute Gasteiger partial charge is 0.456 e. The number of hydrogen-bond acceptors (Lipinski definition) is 5. The minimum Gasteiger partial charge on any atom is -0.456 e. The Morgan fingerprint density at radius 2 is 1.97 bits per heavy atom. The fourth-order valence-corrected chi connectivity index (χ4v) is 3.80. The number of pyridine rings is 1. The lowest BCUT2D eigenvalue weighted by atomic mass is 10.0. The van der Waals surface area contributed by atoms with E-state index in [9.17, 15) is 4.79 Å². The van der Waals surface area contributed by atoms with Gasteiger partial charge in [0.15, 0.2) is 0 Å². The zero-order valence-corrected chi connectivity index (χ0v) is 17.0. The summed E-state index contributed by atoms with van der Waals surface area (Å²) in [6, 6.07) is 13.0. The molecule has 1 fully saturated rings. The Kier molecular flexibility index (Phi) is 6.72. The normalized spacial score (nSPS) is 16.9. The number of anilines is 1. The van der Waals surface area contributed by atoms with E-state index in [1.54, 1.807) is 18.6 Å². The summed E-state index contributed by atoms with van der Waals surface area (Å²) in [4.78, 5) is 19.3. The van der Waals surface area contributed by atoms with Crippen molar-refractivity contribution in [1.82, 2.24) is 19.7 Å². The summed E-state index contributed by atoms with van der Waals surface area (Å²) >= 11 is 0. The second kappa shape index (κ2) is 10.0. The Morgan fingerprint density at radius 1 is 1.07 bits per heavy atom. The predicted octanol–water partition coefficient (Wildman–Crippen LogP) is 3.95. The number of nitrogens with zero attached hydrogens (tertiary/aromatic N) is 4. The molecule has 3 aromatic rings. The number of rotatable bonds is 8. The highest BCUT2D eigenvalue weighted by Crippen LogP contribution is 2.23. The maximum atomic E-state index is 12.9. The van der Waals surface area contributed by atoms with Gasteiger partial charge < -0.3 is 10.1 Å². The summed E-state index contributed by atoms with van der Waals surface area (Å²) in [5.41, 5.74) is 0.778. The molecular weight excluding hydrogens is 378 g/mol. The van der Waals surface area contributed by atoms with E-state index in [0.717, 1.165) is 51.0 Å². The van der Waals surface area contributed by atoms with Crippen LogP contribution >= 0.6 is 0 Å². The van der Waals surface area contributed by atoms with Crippen LogP contribution in [0.5, 0.6) is 11.5 Å². The molecule has 1 amide bonds. The molecule has 4 rings (SSSR count). The van der Waals surface area contributed by atoms with Gasteiger partial charge in [-0.3, -0.25) is 19.4 Å². The van der Waals surface area contributed by atoms with Crippen LogP contribution in [0, 0.1) is 0 Å². The lowest BCUT2D eigenvalue weighted by Crippen LogP contribution is -2.47. The molecule has 156 valence electrons. The van der Waals surface area contributed by atoms with Gasteiger partial charge >= 0.3 is 0 Å². The number of ether oxygens (including phenoxy) is 1. The molecule has 0 aliphatic carbocycles. The molecular formula is C23H27N5O2. The highest BCUT2D eigenvalue weighted by atomic mass is 16.5. The first-order chi connectivity index (χ1) is 14.8. The number of carbonyl (C=O) groups is 1. The molecule has 7 heteroatoms. The molecule has 3 heterocycles. The van der Waals surface area contributed by atoms with Gasteiger partial charge in [0.2, 0.25) is 5.91 Å². The molecule has 1 saturated heterocycles. The number of aromatic nitrogens is 3. The standard InChI is InChI=1S/C23H27N5O2/c29-23(22-7-1-2-14-27(22)15-5-17-28-16-4-13-25-28)26-19-8-10-20(11-9-19)30-21-6-3-12-24-18-21/h3-4,6,8-13,16,18,22H,1-2,5,7,14-15,17H2,(H,26,29). The van der Waals surface area contributed by atoms with Crippen LogP contribution in [0.25, 0.3) is 0 Å². The smallest absolute Gasteiger partial charge is 0.241 e. The third-order valence-electron chi connectivity index (χ3n) is 5.30. The second-order valence-corrected chi connectivity index (χ2v) is 7.47. The molecule has 0 bridgehead atoms. The van der Waals surface area contributed by atoms with Crippen LogP contribution in [-0.2, 0) is 11.3 Å². The summed E-state index contributed by atoms with van der Waals surface area (Å²) < 4.78 is 7.69. The third-order valence-corrected chi connectivity index (χ3v) is 5.30. The second-order valence-electron chi connectivity index (χ2n) is 7.47. The van der Waals surface area contributed by atoms with E-state index in [-0.39, 0.29) is 11.9 Å². The molecule has 1 aromatic carbocycles. The van der Waals surface area contributed by atoms with Gasteiger partial charge in [0.05, 0.1) is 12.2 Å². The van der Waals surface area contributed by atoms with Crippen LogP contribution in [0.3, 0.4) is 0 Å². The van der Waals surface area contributed by atoms with Crippen molar-refractivity contribution in [3.8, 4) is 11.5 Å². The van der Waals surface area contributed by atoms with E-state index in [1.807, 2.05) is 53.3 Å². The molecule has 1 unspecified atom stereocenters. The van der Waals surface area contributed by atoms with Crippen molar-refractivity contribution in [1.29, 1.82) is 0 Å². The van der Waals surface area contributed by atoms with Gasteiger partial charge in [-0.25, -0.2) is 0 Å². The van der Waals surface area contributed by atoms with Gasteiger partial charge in [-0.05, 0) is 68.3 Å². The van der Waals surface area contributed by atoms with Crippen LogP contribution in [0.4, 0.5) is 5.69 Å². The molecule has 7 nitrogen and oxygen atoms in total. The monoisotopic (exact) mass is 405 g/mol. The quantitative estimate of drug-likeness (QED) is 0.614. The fraction of sp³-hybridized carbons (Fsp3) is 0.348. The average Bonchev–Trinajstić information content (AvgIpc) is 3.30. The van der Waals surface area contributed by atoms with Crippen molar-refractivity contribution in [2.45, 2.75) is 38.3 Å². The third kappa shape index (κ3) is 5.45. The van der Waals surface area contributed by atoms with Crippen molar-refractivity contribution in [2.75, 3.05) is 18.4 Å². The Labute approximate surface area is 176 Å². The van der Waals surface area contributed by atoms with Gasteiger partial charge in [-0.15, -0.1) is 0 Å². The first-order valence-corrected chi connectivity index (χ1v) is 10.5. The van der Waals surface area contributed by atoms with E-state index < -0.39 is 0 Å². The number of nitrogens with one attached hydrogen (secondary N) is 1. The minimum absolute atomic E-state index is 0.0646. The lowest BCUT2D eigenvalue weighted by molar-refractivity contribution is -0.122. The van der Waals surface area contributed by atoms with E-state index in [1.165, 1.54) is 0 Å². The number of piperidine rings is 1. The Morgan fingerprint density at radius 3 is 2.73 bits per heavy atom. The van der Waals surface area contributed by atoms with Gasteiger partial charge in [-0.2, -0.15) is 5.10 Å². The van der Waals surface area contributed by atoms with E-state index in [2.05, 4.69) is 20.3 Å². The summed E-state index contributed by atoms with van der Waals surface area (Å²) in [6.45, 7) is 2.74. The lowest BCUT2D eigenvalue weighted by Gasteiger charge is -2.34. The maximum Gasteiger partial charge on any atom is 0.241 e. The molecule has 1 atom stereocenters. The van der Waals surface area contributed by atoms with Crippen molar-refractivity contribution >= 4 is 11.6 Å². The maximum absolute atomic E-state index is 12.9. The minimum atomic E-state index is -0.0808. The van der Waals surface area contributed by atoms with Crippen LogP contribution in [-0.4, -0.2) is 44.7 Å².